The fraction of sp³-hybridized carbons (Fsp3) is 0.917. The molecule has 1 unspecified atom stereocenters. The quantitative estimate of drug-likeness (QED) is 0.772. The average Bonchev–Trinajstić information content (AvgIpc) is 2.19. The lowest BCUT2D eigenvalue weighted by atomic mass is 9.92. The highest BCUT2D eigenvalue weighted by Gasteiger charge is 2.41. The van der Waals surface area contributed by atoms with Gasteiger partial charge in [-0.05, 0) is 40.5 Å². The molecule has 1 aliphatic heterocycles. The van der Waals surface area contributed by atoms with Crippen LogP contribution < -0.4 is 0 Å². The predicted molar refractivity (Wildman–Crippen MR) is 62.6 cm³/mol. The van der Waals surface area contributed by atoms with Gasteiger partial charge in [-0.1, -0.05) is 0 Å². The van der Waals surface area contributed by atoms with Gasteiger partial charge in [0.1, 0.15) is 5.60 Å². The van der Waals surface area contributed by atoms with E-state index in [1.807, 2.05) is 6.92 Å². The highest BCUT2D eigenvalue weighted by Crippen LogP contribution is 2.29. The molecule has 2 atom stereocenters. The number of hydrogen-bond donors (Lipinski definition) is 1. The lowest BCUT2D eigenvalue weighted by Crippen LogP contribution is -2.54. The van der Waals surface area contributed by atoms with E-state index in [0.29, 0.717) is 6.42 Å². The summed E-state index contributed by atoms with van der Waals surface area (Å²) in [7, 11) is 0. The summed E-state index contributed by atoms with van der Waals surface area (Å²) in [4.78, 5) is 13.2. The highest BCUT2D eigenvalue weighted by molar-refractivity contribution is 5.68. The summed E-state index contributed by atoms with van der Waals surface area (Å²) in [5.41, 5.74) is -2.28. The molecule has 0 bridgehead atoms. The normalized spacial score (nSPS) is 30.2. The molecule has 5 heteroatoms. The van der Waals surface area contributed by atoms with E-state index in [4.69, 9.17) is 9.84 Å². The Morgan fingerprint density at radius 2 is 2.18 bits per heavy atom. The molecule has 1 aliphatic rings. The van der Waals surface area contributed by atoms with Crippen molar-refractivity contribution in [2.45, 2.75) is 57.8 Å². The topological polar surface area (TPSA) is 49.8 Å². The molecular formula is C12H22FNO3. The molecular weight excluding hydrogens is 225 g/mol. The minimum absolute atomic E-state index is 0.0553. The van der Waals surface area contributed by atoms with Crippen LogP contribution in [0.15, 0.2) is 0 Å². The standard InChI is InChI=1S/C12H22FNO3/c1-9-5-6-12(13,8-15)7-14(9)10(16)17-11(2,3)4/h9,15H,5-8H2,1-4H3/t9?,12-/m0/s1. The van der Waals surface area contributed by atoms with Gasteiger partial charge in [0.25, 0.3) is 0 Å². The molecule has 0 aromatic rings. The maximum atomic E-state index is 14.0. The molecule has 17 heavy (non-hydrogen) atoms. The summed E-state index contributed by atoms with van der Waals surface area (Å²) in [6.07, 6.45) is 0.306. The lowest BCUT2D eigenvalue weighted by molar-refractivity contribution is -0.0383. The third-order valence-electron chi connectivity index (χ3n) is 2.91. The Hall–Kier alpha value is -0.840. The SMILES string of the molecule is CC1CC[C@@](F)(CO)CN1C(=O)OC(C)(C)C. The van der Waals surface area contributed by atoms with Crippen LogP contribution in [0.25, 0.3) is 0 Å². The highest BCUT2D eigenvalue weighted by atomic mass is 19.1. The third-order valence-corrected chi connectivity index (χ3v) is 2.91. The van der Waals surface area contributed by atoms with Crippen LogP contribution in [0.2, 0.25) is 0 Å². The molecule has 1 saturated heterocycles. The van der Waals surface area contributed by atoms with Crippen molar-refractivity contribution in [2.24, 2.45) is 0 Å². The molecule has 1 rings (SSSR count). The number of nitrogens with zero attached hydrogens (tertiary/aromatic N) is 1. The van der Waals surface area contributed by atoms with Crippen LogP contribution in [0.5, 0.6) is 0 Å². The number of piperidine rings is 1. The van der Waals surface area contributed by atoms with Crippen molar-refractivity contribution in [1.29, 1.82) is 0 Å². The molecule has 0 spiro atoms. The Balaban J connectivity index is 2.70. The van der Waals surface area contributed by atoms with E-state index in [0.717, 1.165) is 0 Å². The number of ether oxygens (including phenoxy) is 1. The molecule has 1 fully saturated rings. The van der Waals surface area contributed by atoms with Crippen LogP contribution >= 0.6 is 0 Å². The van der Waals surface area contributed by atoms with Gasteiger partial charge in [0.05, 0.1) is 13.2 Å². The molecule has 1 amide bonds. The Kier molecular flexibility index (Phi) is 4.02. The summed E-state index contributed by atoms with van der Waals surface area (Å²) < 4.78 is 19.2. The van der Waals surface area contributed by atoms with Crippen LogP contribution in [-0.4, -0.2) is 46.6 Å². The van der Waals surface area contributed by atoms with Gasteiger partial charge < -0.3 is 14.7 Å². The number of carbonyl (C=O) groups excluding carboxylic acids is 1. The van der Waals surface area contributed by atoms with Crippen LogP contribution in [0.3, 0.4) is 0 Å². The van der Waals surface area contributed by atoms with Crippen molar-refractivity contribution in [3.05, 3.63) is 0 Å². The predicted octanol–water partition coefficient (Wildman–Crippen LogP) is 2.11. The maximum Gasteiger partial charge on any atom is 0.410 e. The number of likely N-dealkylation sites (tertiary alicyclic amines) is 1. The van der Waals surface area contributed by atoms with Gasteiger partial charge in [-0.3, -0.25) is 0 Å². The van der Waals surface area contributed by atoms with E-state index >= 15 is 0 Å². The first-order valence-electron chi connectivity index (χ1n) is 5.96. The first-order chi connectivity index (χ1) is 7.67. The number of amides is 1. The van der Waals surface area contributed by atoms with Gasteiger partial charge in [-0.25, -0.2) is 9.18 Å². The van der Waals surface area contributed by atoms with Crippen molar-refractivity contribution in [2.75, 3.05) is 13.2 Å². The summed E-state index contributed by atoms with van der Waals surface area (Å²) in [5, 5.41) is 9.01. The smallest absolute Gasteiger partial charge is 0.410 e. The number of aliphatic hydroxyl groups excluding tert-OH is 1. The average molecular weight is 247 g/mol. The number of alkyl halides is 1. The Morgan fingerprint density at radius 1 is 1.59 bits per heavy atom. The van der Waals surface area contributed by atoms with E-state index in [-0.39, 0.29) is 19.0 Å². The fourth-order valence-electron chi connectivity index (χ4n) is 1.86. The first-order valence-corrected chi connectivity index (χ1v) is 5.96. The molecule has 100 valence electrons. The molecule has 0 saturated carbocycles. The van der Waals surface area contributed by atoms with E-state index in [9.17, 15) is 9.18 Å². The van der Waals surface area contributed by atoms with Crippen LogP contribution in [0, 0.1) is 0 Å². The van der Waals surface area contributed by atoms with Crippen LogP contribution in [0.1, 0.15) is 40.5 Å². The Labute approximate surface area is 102 Å². The van der Waals surface area contributed by atoms with Crippen LogP contribution in [0.4, 0.5) is 9.18 Å². The van der Waals surface area contributed by atoms with Gasteiger partial charge in [-0.2, -0.15) is 0 Å². The van der Waals surface area contributed by atoms with Gasteiger partial charge in [0.2, 0.25) is 0 Å². The first kappa shape index (κ1) is 14.2. The molecule has 1 heterocycles. The van der Waals surface area contributed by atoms with Crippen molar-refractivity contribution in [1.82, 2.24) is 4.90 Å². The van der Waals surface area contributed by atoms with Crippen molar-refractivity contribution in [3.63, 3.8) is 0 Å². The fourth-order valence-corrected chi connectivity index (χ4v) is 1.86. The van der Waals surface area contributed by atoms with Gasteiger partial charge in [0.15, 0.2) is 5.67 Å². The zero-order valence-corrected chi connectivity index (χ0v) is 11.0. The Bertz CT molecular complexity index is 290. The number of aliphatic hydroxyl groups is 1. The number of rotatable bonds is 1. The third kappa shape index (κ3) is 3.84. The summed E-state index contributed by atoms with van der Waals surface area (Å²) in [5.74, 6) is 0. The summed E-state index contributed by atoms with van der Waals surface area (Å²) >= 11 is 0. The minimum atomic E-state index is -1.69. The monoisotopic (exact) mass is 247 g/mol. The maximum absolute atomic E-state index is 14.0. The van der Waals surface area contributed by atoms with Crippen LogP contribution in [-0.2, 0) is 4.74 Å². The number of carbonyl (C=O) groups is 1. The van der Waals surface area contributed by atoms with Gasteiger partial charge in [0, 0.05) is 6.04 Å². The molecule has 0 aliphatic carbocycles. The van der Waals surface area contributed by atoms with Crippen molar-refractivity contribution in [3.8, 4) is 0 Å². The zero-order valence-electron chi connectivity index (χ0n) is 11.0. The van der Waals surface area contributed by atoms with Crippen molar-refractivity contribution < 1.29 is 19.0 Å². The minimum Gasteiger partial charge on any atom is -0.444 e. The largest absolute Gasteiger partial charge is 0.444 e. The molecule has 1 N–H and O–H groups in total. The van der Waals surface area contributed by atoms with E-state index in [1.165, 1.54) is 4.90 Å². The second-order valence-electron chi connectivity index (χ2n) is 5.80. The molecule has 4 nitrogen and oxygen atoms in total. The van der Waals surface area contributed by atoms with E-state index in [1.54, 1.807) is 20.8 Å². The lowest BCUT2D eigenvalue weighted by Gasteiger charge is -2.41. The molecule has 0 radical (unpaired) electrons. The summed E-state index contributed by atoms with van der Waals surface area (Å²) in [6.45, 7) is 6.52. The van der Waals surface area contributed by atoms with Gasteiger partial charge in [-0.15, -0.1) is 0 Å². The second kappa shape index (κ2) is 4.80. The zero-order chi connectivity index (χ0) is 13.3. The number of hydrogen-bond acceptors (Lipinski definition) is 3. The number of halogens is 1. The second-order valence-corrected chi connectivity index (χ2v) is 5.80. The molecule has 0 aromatic carbocycles. The Morgan fingerprint density at radius 3 is 2.65 bits per heavy atom. The van der Waals surface area contributed by atoms with Crippen molar-refractivity contribution >= 4 is 6.09 Å². The molecule has 0 aromatic heterocycles. The van der Waals surface area contributed by atoms with E-state index < -0.39 is 24.0 Å². The summed E-state index contributed by atoms with van der Waals surface area (Å²) in [6, 6.07) is -0.0553. The van der Waals surface area contributed by atoms with Gasteiger partial charge >= 0.3 is 6.09 Å². The van der Waals surface area contributed by atoms with E-state index in [2.05, 4.69) is 0 Å².